The highest BCUT2D eigenvalue weighted by Gasteiger charge is 2.25. The molecule has 1 aromatic rings. The van der Waals surface area contributed by atoms with Crippen molar-refractivity contribution in [1.82, 2.24) is 4.90 Å². The molecule has 0 aliphatic heterocycles. The number of benzene rings is 1. The van der Waals surface area contributed by atoms with Crippen LogP contribution in [0.3, 0.4) is 0 Å². The molecule has 0 saturated heterocycles. The summed E-state index contributed by atoms with van der Waals surface area (Å²) in [6.45, 7) is 0.777. The molecule has 0 radical (unpaired) electrons. The summed E-state index contributed by atoms with van der Waals surface area (Å²) in [5, 5.41) is 20.1. The van der Waals surface area contributed by atoms with Crippen LogP contribution in [0.1, 0.15) is 31.2 Å². The van der Waals surface area contributed by atoms with Crippen LogP contribution in [0.15, 0.2) is 22.7 Å². The van der Waals surface area contributed by atoms with E-state index in [0.29, 0.717) is 29.2 Å². The van der Waals surface area contributed by atoms with E-state index in [9.17, 15) is 10.1 Å². The van der Waals surface area contributed by atoms with Crippen LogP contribution in [-0.2, 0) is 6.54 Å². The number of hydrogen-bond donors (Lipinski definition) is 0. The van der Waals surface area contributed by atoms with E-state index in [0.717, 1.165) is 12.8 Å². The van der Waals surface area contributed by atoms with Crippen molar-refractivity contribution in [2.45, 2.75) is 38.3 Å². The van der Waals surface area contributed by atoms with Crippen molar-refractivity contribution in [3.63, 3.8) is 0 Å². The van der Waals surface area contributed by atoms with Gasteiger partial charge >= 0.3 is 0 Å². The lowest BCUT2D eigenvalue weighted by Gasteiger charge is -2.26. The van der Waals surface area contributed by atoms with Gasteiger partial charge in [0.15, 0.2) is 0 Å². The van der Waals surface area contributed by atoms with E-state index in [1.807, 2.05) is 6.07 Å². The van der Waals surface area contributed by atoms with Gasteiger partial charge in [-0.2, -0.15) is 5.26 Å². The molecule has 1 aliphatic rings. The zero-order valence-electron chi connectivity index (χ0n) is 11.1. The fraction of sp³-hybridized carbons (Fsp3) is 0.500. The number of nitrogens with zero attached hydrogens (tertiary/aromatic N) is 3. The number of hydrogen-bond acceptors (Lipinski definition) is 4. The van der Waals surface area contributed by atoms with Crippen LogP contribution in [0.2, 0.25) is 0 Å². The maximum Gasteiger partial charge on any atom is 0.275 e. The number of nitro benzene ring substituents is 1. The summed E-state index contributed by atoms with van der Waals surface area (Å²) >= 11 is 3.26. The number of rotatable bonds is 5. The van der Waals surface area contributed by atoms with E-state index in [1.54, 1.807) is 6.07 Å². The second kappa shape index (κ2) is 6.82. The van der Waals surface area contributed by atoms with Crippen molar-refractivity contribution in [3.05, 3.63) is 38.3 Å². The molecule has 106 valence electrons. The number of nitro groups is 1. The summed E-state index contributed by atoms with van der Waals surface area (Å²) in [7, 11) is 0. The molecular weight excluding hydrogens is 322 g/mol. The van der Waals surface area contributed by atoms with Crippen molar-refractivity contribution >= 4 is 21.6 Å². The molecule has 0 bridgehead atoms. The lowest BCUT2D eigenvalue weighted by Crippen LogP contribution is -2.33. The molecule has 0 unspecified atom stereocenters. The smallest absolute Gasteiger partial charge is 0.275 e. The highest BCUT2D eigenvalue weighted by molar-refractivity contribution is 9.10. The average Bonchev–Trinajstić information content (AvgIpc) is 2.93. The zero-order chi connectivity index (χ0) is 14.5. The van der Waals surface area contributed by atoms with Gasteiger partial charge in [0.2, 0.25) is 0 Å². The molecule has 0 aromatic heterocycles. The standard InChI is InChI=1S/C14H16BrN3O2/c15-12-6-5-11(14(9-12)18(19)20)10-17(8-7-16)13-3-1-2-4-13/h5-6,9,13H,1-4,8,10H2. The third kappa shape index (κ3) is 3.56. The van der Waals surface area contributed by atoms with Crippen LogP contribution in [0, 0.1) is 21.4 Å². The topological polar surface area (TPSA) is 70.2 Å². The summed E-state index contributed by atoms with van der Waals surface area (Å²) in [5.41, 5.74) is 0.778. The lowest BCUT2D eigenvalue weighted by atomic mass is 10.1. The molecule has 0 amide bonds. The second-order valence-electron chi connectivity index (χ2n) is 5.03. The molecule has 0 spiro atoms. The van der Waals surface area contributed by atoms with E-state index in [1.165, 1.54) is 18.9 Å². The maximum absolute atomic E-state index is 11.1. The highest BCUT2D eigenvalue weighted by Crippen LogP contribution is 2.28. The molecule has 0 N–H and O–H groups in total. The van der Waals surface area contributed by atoms with Crippen LogP contribution < -0.4 is 0 Å². The van der Waals surface area contributed by atoms with Gasteiger partial charge in [-0.1, -0.05) is 28.8 Å². The molecule has 0 atom stereocenters. The quantitative estimate of drug-likeness (QED) is 0.467. The second-order valence-corrected chi connectivity index (χ2v) is 5.95. The Bertz CT molecular complexity index is 536. The Hall–Kier alpha value is -1.45. The predicted molar refractivity (Wildman–Crippen MR) is 79.1 cm³/mol. The van der Waals surface area contributed by atoms with Crippen molar-refractivity contribution < 1.29 is 4.92 Å². The van der Waals surface area contributed by atoms with E-state index >= 15 is 0 Å². The normalized spacial score (nSPS) is 15.4. The predicted octanol–water partition coefficient (Wildman–Crippen LogP) is 3.63. The monoisotopic (exact) mass is 337 g/mol. The Labute approximate surface area is 126 Å². The molecule has 6 heteroatoms. The van der Waals surface area contributed by atoms with E-state index in [-0.39, 0.29) is 10.6 Å². The Morgan fingerprint density at radius 3 is 2.75 bits per heavy atom. The highest BCUT2D eigenvalue weighted by atomic mass is 79.9. The Kier molecular flexibility index (Phi) is 5.10. The van der Waals surface area contributed by atoms with Gasteiger partial charge in [-0.3, -0.25) is 15.0 Å². The van der Waals surface area contributed by atoms with E-state index < -0.39 is 0 Å². The molecule has 5 nitrogen and oxygen atoms in total. The minimum absolute atomic E-state index is 0.111. The van der Waals surface area contributed by atoms with Crippen LogP contribution in [0.4, 0.5) is 5.69 Å². The Balaban J connectivity index is 2.21. The molecule has 1 saturated carbocycles. The van der Waals surface area contributed by atoms with Gasteiger partial charge in [-0.25, -0.2) is 0 Å². The third-order valence-corrected chi connectivity index (χ3v) is 4.23. The summed E-state index contributed by atoms with van der Waals surface area (Å²) in [4.78, 5) is 12.8. The summed E-state index contributed by atoms with van der Waals surface area (Å²) in [6, 6.07) is 7.64. The minimum atomic E-state index is -0.362. The first kappa shape index (κ1) is 14.9. The molecule has 20 heavy (non-hydrogen) atoms. The first-order valence-corrected chi connectivity index (χ1v) is 7.45. The molecular formula is C14H16BrN3O2. The summed E-state index contributed by atoms with van der Waals surface area (Å²) < 4.78 is 0.695. The van der Waals surface area contributed by atoms with Gasteiger partial charge in [0.1, 0.15) is 0 Å². The molecule has 1 aliphatic carbocycles. The van der Waals surface area contributed by atoms with Crippen LogP contribution in [0.25, 0.3) is 0 Å². The van der Waals surface area contributed by atoms with Crippen LogP contribution in [0.5, 0.6) is 0 Å². The minimum Gasteiger partial charge on any atom is -0.283 e. The summed E-state index contributed by atoms with van der Waals surface area (Å²) in [5.74, 6) is 0. The van der Waals surface area contributed by atoms with Gasteiger partial charge in [0, 0.05) is 28.7 Å². The van der Waals surface area contributed by atoms with Crippen molar-refractivity contribution in [3.8, 4) is 6.07 Å². The lowest BCUT2D eigenvalue weighted by molar-refractivity contribution is -0.385. The first-order chi connectivity index (χ1) is 9.61. The fourth-order valence-corrected chi connectivity index (χ4v) is 3.08. The Morgan fingerprint density at radius 2 is 2.15 bits per heavy atom. The maximum atomic E-state index is 11.1. The van der Waals surface area contributed by atoms with Crippen LogP contribution >= 0.6 is 15.9 Å². The SMILES string of the molecule is N#CCN(Cc1ccc(Br)cc1[N+](=O)[O-])C1CCCC1. The summed E-state index contributed by atoms with van der Waals surface area (Å²) in [6.07, 6.45) is 4.50. The van der Waals surface area contributed by atoms with Gasteiger partial charge in [0.25, 0.3) is 5.69 Å². The largest absolute Gasteiger partial charge is 0.283 e. The number of nitriles is 1. The van der Waals surface area contributed by atoms with Gasteiger partial charge in [-0.05, 0) is 25.0 Å². The van der Waals surface area contributed by atoms with Crippen LogP contribution in [-0.4, -0.2) is 22.4 Å². The molecule has 2 rings (SSSR count). The van der Waals surface area contributed by atoms with Gasteiger partial charge in [0.05, 0.1) is 17.5 Å². The molecule has 0 heterocycles. The molecule has 1 aromatic carbocycles. The van der Waals surface area contributed by atoms with Crippen molar-refractivity contribution in [2.24, 2.45) is 0 Å². The third-order valence-electron chi connectivity index (χ3n) is 3.73. The van der Waals surface area contributed by atoms with Gasteiger partial charge < -0.3 is 0 Å². The zero-order valence-corrected chi connectivity index (χ0v) is 12.7. The average molecular weight is 338 g/mol. The van der Waals surface area contributed by atoms with Crippen molar-refractivity contribution in [1.29, 1.82) is 5.26 Å². The van der Waals surface area contributed by atoms with Gasteiger partial charge in [-0.15, -0.1) is 0 Å². The first-order valence-electron chi connectivity index (χ1n) is 6.65. The Morgan fingerprint density at radius 1 is 1.45 bits per heavy atom. The molecule has 1 fully saturated rings. The number of halogens is 1. The van der Waals surface area contributed by atoms with E-state index in [4.69, 9.17) is 5.26 Å². The van der Waals surface area contributed by atoms with E-state index in [2.05, 4.69) is 26.9 Å². The van der Waals surface area contributed by atoms with Crippen molar-refractivity contribution in [2.75, 3.05) is 6.54 Å². The fourth-order valence-electron chi connectivity index (χ4n) is 2.73.